The number of piperidine rings is 1. The summed E-state index contributed by atoms with van der Waals surface area (Å²) in [5, 5.41) is 6.81. The largest absolute Gasteiger partial charge is 0.490 e. The third-order valence-electron chi connectivity index (χ3n) is 5.34. The lowest BCUT2D eigenvalue weighted by atomic mass is 10.0. The molecule has 0 radical (unpaired) electrons. The Labute approximate surface area is 152 Å². The number of nitrogens with one attached hydrogen (secondary N) is 1. The highest BCUT2D eigenvalue weighted by molar-refractivity contribution is 7.89. The highest BCUT2D eigenvalue weighted by Crippen LogP contribution is 2.41. The Morgan fingerprint density at radius 3 is 2.31 bits per heavy atom. The van der Waals surface area contributed by atoms with E-state index < -0.39 is 10.0 Å². The van der Waals surface area contributed by atoms with Crippen LogP contribution in [0.25, 0.3) is 0 Å². The monoisotopic (exact) mass is 379 g/mol. The first-order valence-corrected chi connectivity index (χ1v) is 10.3. The fourth-order valence-corrected chi connectivity index (χ4v) is 6.53. The maximum absolute atomic E-state index is 13.2. The summed E-state index contributed by atoms with van der Waals surface area (Å²) in [5.74, 6) is 0.317. The lowest BCUT2D eigenvalue weighted by Crippen LogP contribution is -2.49. The Morgan fingerprint density at radius 1 is 1.15 bits per heavy atom. The molecule has 6 nitrogen and oxygen atoms in total. The number of aromatic amines is 1. The third kappa shape index (κ3) is 2.91. The molecule has 26 heavy (non-hydrogen) atoms. The molecule has 2 saturated heterocycles. The number of ether oxygens (including phenoxy) is 1. The van der Waals surface area contributed by atoms with Gasteiger partial charge >= 0.3 is 0 Å². The van der Waals surface area contributed by atoms with E-state index in [1.807, 2.05) is 0 Å². The van der Waals surface area contributed by atoms with Crippen molar-refractivity contribution < 1.29 is 17.5 Å². The van der Waals surface area contributed by atoms with Gasteiger partial charge in [-0.15, -0.1) is 0 Å². The van der Waals surface area contributed by atoms with Gasteiger partial charge in [0.05, 0.1) is 11.4 Å². The van der Waals surface area contributed by atoms with Crippen LogP contribution in [-0.4, -0.2) is 41.1 Å². The molecule has 1 N–H and O–H groups in total. The van der Waals surface area contributed by atoms with E-state index >= 15 is 0 Å². The van der Waals surface area contributed by atoms with Crippen LogP contribution < -0.4 is 4.74 Å². The van der Waals surface area contributed by atoms with Crippen molar-refractivity contribution in [2.75, 3.05) is 0 Å². The number of halogens is 1. The van der Waals surface area contributed by atoms with Gasteiger partial charge in [-0.2, -0.15) is 9.40 Å². The molecule has 1 unspecified atom stereocenters. The number of aryl methyl sites for hydroxylation is 2. The zero-order chi connectivity index (χ0) is 18.5. The number of benzene rings is 1. The molecule has 2 bridgehead atoms. The van der Waals surface area contributed by atoms with Gasteiger partial charge in [-0.05, 0) is 51.0 Å². The van der Waals surface area contributed by atoms with Gasteiger partial charge in [0.1, 0.15) is 22.6 Å². The molecule has 3 atom stereocenters. The second kappa shape index (κ2) is 6.35. The molecule has 2 aliphatic rings. The molecule has 2 fully saturated rings. The average Bonchev–Trinajstić information content (AvgIpc) is 3.07. The van der Waals surface area contributed by atoms with E-state index in [1.54, 1.807) is 30.3 Å². The normalized spacial score (nSPS) is 26.2. The Kier molecular flexibility index (Phi) is 4.27. The number of aromatic nitrogens is 2. The molecular weight excluding hydrogens is 357 g/mol. The lowest BCUT2D eigenvalue weighted by molar-refractivity contribution is 0.0955. The second-order valence-corrected chi connectivity index (χ2v) is 8.93. The summed E-state index contributed by atoms with van der Waals surface area (Å²) in [5.41, 5.74) is 1.08. The molecule has 140 valence electrons. The van der Waals surface area contributed by atoms with Crippen molar-refractivity contribution in [3.05, 3.63) is 41.5 Å². The highest BCUT2D eigenvalue weighted by atomic mass is 32.2. The topological polar surface area (TPSA) is 75.3 Å². The van der Waals surface area contributed by atoms with Gasteiger partial charge in [0.25, 0.3) is 0 Å². The highest BCUT2D eigenvalue weighted by Gasteiger charge is 2.48. The van der Waals surface area contributed by atoms with Gasteiger partial charge in [-0.3, -0.25) is 5.10 Å². The quantitative estimate of drug-likeness (QED) is 0.886. The second-order valence-electron chi connectivity index (χ2n) is 7.15. The van der Waals surface area contributed by atoms with Gasteiger partial charge < -0.3 is 4.74 Å². The molecular formula is C18H22FN3O3S. The maximum atomic E-state index is 13.2. The Hall–Kier alpha value is -1.93. The van der Waals surface area contributed by atoms with Crippen LogP contribution >= 0.6 is 0 Å². The van der Waals surface area contributed by atoms with Crippen molar-refractivity contribution in [3.8, 4) is 5.75 Å². The Balaban J connectivity index is 1.55. The number of sulfonamides is 1. The van der Waals surface area contributed by atoms with Gasteiger partial charge in [0, 0.05) is 24.9 Å². The van der Waals surface area contributed by atoms with E-state index in [1.165, 1.54) is 12.1 Å². The smallest absolute Gasteiger partial charge is 0.247 e. The van der Waals surface area contributed by atoms with Crippen molar-refractivity contribution in [2.24, 2.45) is 0 Å². The molecule has 0 spiro atoms. The zero-order valence-electron chi connectivity index (χ0n) is 14.8. The van der Waals surface area contributed by atoms with E-state index in [9.17, 15) is 12.8 Å². The molecule has 2 aromatic rings. The van der Waals surface area contributed by atoms with E-state index in [-0.39, 0.29) is 24.0 Å². The summed E-state index contributed by atoms with van der Waals surface area (Å²) in [6.45, 7) is 3.45. The predicted molar refractivity (Wildman–Crippen MR) is 93.9 cm³/mol. The van der Waals surface area contributed by atoms with Crippen LogP contribution in [0.2, 0.25) is 0 Å². The molecule has 2 aliphatic heterocycles. The minimum absolute atomic E-state index is 0.0593. The standard InChI is InChI=1S/C18H22FN3O3S/c1-11-18(12(2)21-20-11)26(23,24)22-14-5-6-15(22)10-17(9-14)25-16-7-3-13(19)4-8-16/h3-4,7-8,14-15,17H,5-6,9-10H2,1-2H3,(H,20,21)/t14-,15+,17?. The molecule has 4 rings (SSSR count). The third-order valence-corrected chi connectivity index (χ3v) is 7.60. The lowest BCUT2D eigenvalue weighted by Gasteiger charge is -2.37. The summed E-state index contributed by atoms with van der Waals surface area (Å²) in [6, 6.07) is 5.81. The minimum atomic E-state index is -3.58. The molecule has 0 saturated carbocycles. The van der Waals surface area contributed by atoms with E-state index in [0.717, 1.165) is 12.8 Å². The number of H-pyrrole nitrogens is 1. The minimum Gasteiger partial charge on any atom is -0.490 e. The number of hydrogen-bond donors (Lipinski definition) is 1. The molecule has 1 aromatic carbocycles. The molecule has 8 heteroatoms. The van der Waals surface area contributed by atoms with E-state index in [2.05, 4.69) is 10.2 Å². The van der Waals surface area contributed by atoms with Crippen LogP contribution in [0.3, 0.4) is 0 Å². The van der Waals surface area contributed by atoms with Crippen LogP contribution in [0.5, 0.6) is 5.75 Å². The van der Waals surface area contributed by atoms with Crippen molar-refractivity contribution in [3.63, 3.8) is 0 Å². The van der Waals surface area contributed by atoms with Gasteiger partial charge in [0.15, 0.2) is 0 Å². The maximum Gasteiger partial charge on any atom is 0.247 e. The number of rotatable bonds is 4. The summed E-state index contributed by atoms with van der Waals surface area (Å²) < 4.78 is 47.2. The van der Waals surface area contributed by atoms with Crippen molar-refractivity contribution >= 4 is 10.0 Å². The van der Waals surface area contributed by atoms with Crippen LogP contribution in [-0.2, 0) is 10.0 Å². The van der Waals surface area contributed by atoms with Gasteiger partial charge in [-0.25, -0.2) is 12.8 Å². The number of fused-ring (bicyclic) bond motifs is 2. The first-order chi connectivity index (χ1) is 12.4. The summed E-state index contributed by atoms with van der Waals surface area (Å²) in [7, 11) is -3.58. The van der Waals surface area contributed by atoms with Crippen molar-refractivity contribution in [1.29, 1.82) is 0 Å². The van der Waals surface area contributed by atoms with Crippen molar-refractivity contribution in [2.45, 2.75) is 62.6 Å². The summed E-state index contributed by atoms with van der Waals surface area (Å²) in [4.78, 5) is 0.298. The SMILES string of the molecule is Cc1n[nH]c(C)c1S(=O)(=O)N1[C@@H]2CC[C@H]1CC(Oc1ccc(F)cc1)C2. The Morgan fingerprint density at radius 2 is 1.77 bits per heavy atom. The van der Waals surface area contributed by atoms with Crippen LogP contribution in [0.15, 0.2) is 29.2 Å². The fourth-order valence-electron chi connectivity index (χ4n) is 4.30. The molecule has 0 amide bonds. The van der Waals surface area contributed by atoms with Crippen molar-refractivity contribution in [1.82, 2.24) is 14.5 Å². The van der Waals surface area contributed by atoms with Crippen LogP contribution in [0.4, 0.5) is 4.39 Å². The van der Waals surface area contributed by atoms with Crippen LogP contribution in [0, 0.1) is 19.7 Å². The summed E-state index contributed by atoms with van der Waals surface area (Å²) >= 11 is 0. The first kappa shape index (κ1) is 17.5. The molecule has 1 aromatic heterocycles. The molecule has 0 aliphatic carbocycles. The average molecular weight is 379 g/mol. The fraction of sp³-hybridized carbons (Fsp3) is 0.500. The molecule has 3 heterocycles. The predicted octanol–water partition coefficient (Wildman–Crippen LogP) is 2.93. The Bertz CT molecular complexity index is 877. The van der Waals surface area contributed by atoms with E-state index in [0.29, 0.717) is 34.9 Å². The van der Waals surface area contributed by atoms with Gasteiger partial charge in [-0.1, -0.05) is 0 Å². The zero-order valence-corrected chi connectivity index (χ0v) is 15.6. The summed E-state index contributed by atoms with van der Waals surface area (Å²) in [6.07, 6.45) is 2.90. The first-order valence-electron chi connectivity index (χ1n) is 8.83. The van der Waals surface area contributed by atoms with E-state index in [4.69, 9.17) is 4.74 Å². The number of hydrogen-bond acceptors (Lipinski definition) is 4. The number of nitrogens with zero attached hydrogens (tertiary/aromatic N) is 2. The van der Waals surface area contributed by atoms with Gasteiger partial charge in [0.2, 0.25) is 10.0 Å². The van der Waals surface area contributed by atoms with Crippen LogP contribution in [0.1, 0.15) is 37.1 Å².